The van der Waals surface area contributed by atoms with Crippen LogP contribution in [0.3, 0.4) is 0 Å². The highest BCUT2D eigenvalue weighted by molar-refractivity contribution is 6.30. The van der Waals surface area contributed by atoms with Gasteiger partial charge in [-0.2, -0.15) is 5.10 Å². The summed E-state index contributed by atoms with van der Waals surface area (Å²) in [7, 11) is 0. The van der Waals surface area contributed by atoms with Crippen LogP contribution in [0, 0.1) is 13.8 Å². The Hall–Kier alpha value is -3.67. The maximum atomic E-state index is 6.22. The van der Waals surface area contributed by atoms with Crippen LogP contribution in [0.5, 0.6) is 0 Å². The second-order valence-corrected chi connectivity index (χ2v) is 9.16. The molecule has 2 N–H and O–H groups in total. The number of nitrogens with zero attached hydrogens (tertiary/aromatic N) is 3. The highest BCUT2D eigenvalue weighted by atomic mass is 35.5. The number of rotatable bonds is 3. The molecule has 5 aromatic rings. The first-order valence-corrected chi connectivity index (χ1v) is 11.8. The topological polar surface area (TPSA) is 54.8 Å². The number of para-hydroxylation sites is 1. The van der Waals surface area contributed by atoms with Crippen molar-refractivity contribution in [3.63, 3.8) is 0 Å². The monoisotopic (exact) mass is 465 g/mol. The van der Waals surface area contributed by atoms with Crippen LogP contribution in [0.15, 0.2) is 78.9 Å². The number of hydrogen-bond acceptors (Lipinski definition) is 4. The minimum Gasteiger partial charge on any atom is -0.350 e. The Balaban J connectivity index is 1.58. The van der Waals surface area contributed by atoms with Crippen molar-refractivity contribution in [3.05, 3.63) is 106 Å². The van der Waals surface area contributed by atoms with E-state index < -0.39 is 0 Å². The van der Waals surface area contributed by atoms with Gasteiger partial charge in [0.1, 0.15) is 12.0 Å². The van der Waals surface area contributed by atoms with E-state index in [9.17, 15) is 0 Å². The van der Waals surface area contributed by atoms with Crippen LogP contribution in [0.2, 0.25) is 5.02 Å². The van der Waals surface area contributed by atoms with Crippen LogP contribution in [-0.2, 0) is 6.54 Å². The Morgan fingerprint density at radius 2 is 1.65 bits per heavy atom. The van der Waals surface area contributed by atoms with Gasteiger partial charge in [-0.25, -0.2) is 9.67 Å². The van der Waals surface area contributed by atoms with E-state index >= 15 is 0 Å². The van der Waals surface area contributed by atoms with Crippen molar-refractivity contribution >= 4 is 28.5 Å². The van der Waals surface area contributed by atoms with Gasteiger partial charge in [-0.1, -0.05) is 71.8 Å². The molecule has 0 aliphatic carbocycles. The summed E-state index contributed by atoms with van der Waals surface area (Å²) in [5, 5.41) is 14.0. The highest BCUT2D eigenvalue weighted by Crippen LogP contribution is 2.40. The Kier molecular flexibility index (Phi) is 5.09. The first-order valence-electron chi connectivity index (χ1n) is 11.4. The summed E-state index contributed by atoms with van der Waals surface area (Å²) in [6.45, 7) is 4.84. The molecule has 0 radical (unpaired) electrons. The van der Waals surface area contributed by atoms with Crippen LogP contribution in [0.4, 0.5) is 5.82 Å². The second kappa shape index (κ2) is 8.28. The molecule has 34 heavy (non-hydrogen) atoms. The minimum atomic E-state index is -0.0229. The van der Waals surface area contributed by atoms with E-state index in [2.05, 4.69) is 66.1 Å². The third kappa shape index (κ3) is 3.54. The van der Waals surface area contributed by atoms with Gasteiger partial charge in [0, 0.05) is 22.7 Å². The maximum absolute atomic E-state index is 6.22. The van der Waals surface area contributed by atoms with E-state index in [4.69, 9.17) is 21.7 Å². The molecule has 0 amide bonds. The molecule has 6 heteroatoms. The van der Waals surface area contributed by atoms with Crippen LogP contribution < -0.4 is 10.6 Å². The van der Waals surface area contributed by atoms with Gasteiger partial charge < -0.3 is 5.32 Å². The fraction of sp³-hybridized carbons (Fsp3) is 0.143. The van der Waals surface area contributed by atoms with Crippen LogP contribution >= 0.6 is 11.6 Å². The maximum Gasteiger partial charge on any atom is 0.166 e. The predicted molar refractivity (Wildman–Crippen MR) is 138 cm³/mol. The molecule has 0 spiro atoms. The lowest BCUT2D eigenvalue weighted by Gasteiger charge is -2.30. The Labute approximate surface area is 203 Å². The van der Waals surface area contributed by atoms with E-state index in [0.717, 1.165) is 49.9 Å². The van der Waals surface area contributed by atoms with Crippen molar-refractivity contribution in [1.82, 2.24) is 20.1 Å². The molecule has 0 saturated carbocycles. The van der Waals surface area contributed by atoms with E-state index in [0.29, 0.717) is 6.54 Å². The lowest BCUT2D eigenvalue weighted by Crippen LogP contribution is -2.33. The van der Waals surface area contributed by atoms with Gasteiger partial charge in [-0.05, 0) is 49.2 Å². The summed E-state index contributed by atoms with van der Waals surface area (Å²) in [4.78, 5) is 5.13. The minimum absolute atomic E-state index is 0.0229. The van der Waals surface area contributed by atoms with E-state index in [1.165, 1.54) is 11.1 Å². The number of fused-ring (bicyclic) bond motifs is 2. The third-order valence-electron chi connectivity index (χ3n) is 6.40. The van der Waals surface area contributed by atoms with Crippen LogP contribution in [-0.4, -0.2) is 14.8 Å². The number of nitrogens with one attached hydrogen (secondary N) is 2. The van der Waals surface area contributed by atoms with Gasteiger partial charge >= 0.3 is 0 Å². The molecule has 0 saturated heterocycles. The van der Waals surface area contributed by atoms with E-state index in [1.807, 2.05) is 41.9 Å². The molecule has 1 aliphatic heterocycles. The lowest BCUT2D eigenvalue weighted by molar-refractivity contribution is 0.562. The van der Waals surface area contributed by atoms with E-state index in [-0.39, 0.29) is 6.17 Å². The van der Waals surface area contributed by atoms with Crippen molar-refractivity contribution in [2.24, 2.45) is 0 Å². The predicted octanol–water partition coefficient (Wildman–Crippen LogP) is 6.57. The van der Waals surface area contributed by atoms with Gasteiger partial charge in [0.2, 0.25) is 0 Å². The molecule has 3 aromatic carbocycles. The molecule has 0 fully saturated rings. The third-order valence-corrected chi connectivity index (χ3v) is 6.65. The first-order chi connectivity index (χ1) is 16.6. The molecule has 168 valence electrons. The van der Waals surface area contributed by atoms with Crippen LogP contribution in [0.1, 0.15) is 28.6 Å². The fourth-order valence-corrected chi connectivity index (χ4v) is 4.81. The Morgan fingerprint density at radius 3 is 2.38 bits per heavy atom. The standard InChI is InChI=1S/C28H24ClN5/c1-17-8-10-20(11-9-17)26-30-16-23-25(19-12-14-21(29)15-13-19)24-18(2)33-34(22-6-4-3-5-7-22)28(24)32-27(23)31-26/h3-15,26,30H,16H2,1-2H3,(H,31,32). The summed E-state index contributed by atoms with van der Waals surface area (Å²) >= 11 is 6.22. The van der Waals surface area contributed by atoms with E-state index in [1.54, 1.807) is 0 Å². The molecular weight excluding hydrogens is 442 g/mol. The van der Waals surface area contributed by atoms with Crippen LogP contribution in [0.25, 0.3) is 27.8 Å². The zero-order valence-electron chi connectivity index (χ0n) is 19.0. The van der Waals surface area contributed by atoms with Crippen molar-refractivity contribution < 1.29 is 0 Å². The van der Waals surface area contributed by atoms with Crippen molar-refractivity contribution in [3.8, 4) is 16.8 Å². The van der Waals surface area contributed by atoms with Crippen molar-refractivity contribution in [2.75, 3.05) is 5.32 Å². The summed E-state index contributed by atoms with van der Waals surface area (Å²) in [6, 6.07) is 26.8. The smallest absolute Gasteiger partial charge is 0.166 e. The first kappa shape index (κ1) is 20.9. The van der Waals surface area contributed by atoms with Crippen molar-refractivity contribution in [2.45, 2.75) is 26.6 Å². The number of aromatic nitrogens is 3. The summed E-state index contributed by atoms with van der Waals surface area (Å²) in [6.07, 6.45) is -0.0229. The summed E-state index contributed by atoms with van der Waals surface area (Å²) < 4.78 is 1.94. The zero-order valence-corrected chi connectivity index (χ0v) is 19.8. The molecule has 5 nitrogen and oxygen atoms in total. The SMILES string of the molecule is Cc1ccc(C2NCc3c(nc4c(c(C)nn4-c4ccccc4)c3-c3ccc(Cl)cc3)N2)cc1. The molecule has 1 unspecified atom stereocenters. The molecule has 2 aromatic heterocycles. The van der Waals surface area contributed by atoms with Gasteiger partial charge in [0.15, 0.2) is 5.65 Å². The number of benzene rings is 3. The number of aryl methyl sites for hydroxylation is 2. The highest BCUT2D eigenvalue weighted by Gasteiger charge is 2.27. The largest absolute Gasteiger partial charge is 0.350 e. The molecule has 3 heterocycles. The van der Waals surface area contributed by atoms with Gasteiger partial charge in [-0.3, -0.25) is 5.32 Å². The second-order valence-electron chi connectivity index (χ2n) is 8.72. The van der Waals surface area contributed by atoms with Gasteiger partial charge in [-0.15, -0.1) is 0 Å². The Bertz CT molecular complexity index is 1490. The molecular formula is C28H24ClN5. The molecule has 0 bridgehead atoms. The van der Waals surface area contributed by atoms with Gasteiger partial charge in [0.05, 0.1) is 16.8 Å². The molecule has 6 rings (SSSR count). The molecule has 1 atom stereocenters. The zero-order chi connectivity index (χ0) is 23.2. The summed E-state index contributed by atoms with van der Waals surface area (Å²) in [5.74, 6) is 0.874. The summed E-state index contributed by atoms with van der Waals surface area (Å²) in [5.41, 5.74) is 8.56. The quantitative estimate of drug-likeness (QED) is 0.316. The number of pyridine rings is 1. The van der Waals surface area contributed by atoms with Crippen molar-refractivity contribution in [1.29, 1.82) is 0 Å². The number of hydrogen-bond donors (Lipinski definition) is 2. The average Bonchev–Trinajstić information content (AvgIpc) is 3.20. The fourth-order valence-electron chi connectivity index (χ4n) is 4.68. The number of halogens is 1. The number of anilines is 1. The normalized spacial score (nSPS) is 15.2. The Morgan fingerprint density at radius 1 is 0.912 bits per heavy atom. The molecule has 1 aliphatic rings. The average molecular weight is 466 g/mol. The van der Waals surface area contributed by atoms with Gasteiger partial charge in [0.25, 0.3) is 0 Å². The lowest BCUT2D eigenvalue weighted by atomic mass is 9.95.